The first-order valence-corrected chi connectivity index (χ1v) is 5.73. The zero-order valence-electron chi connectivity index (χ0n) is 8.95. The predicted molar refractivity (Wildman–Crippen MR) is 65.3 cm³/mol. The fraction of sp³-hybridized carbons (Fsp3) is 0.364. The zero-order chi connectivity index (χ0) is 12.0. The highest BCUT2D eigenvalue weighted by Crippen LogP contribution is 2.16. The summed E-state index contributed by atoms with van der Waals surface area (Å²) in [6.45, 7) is 0.914. The molecule has 1 amide bonds. The molecule has 0 aliphatic carbocycles. The topological polar surface area (TPSA) is 29.5 Å². The van der Waals surface area contributed by atoms with Crippen molar-refractivity contribution in [1.82, 2.24) is 4.90 Å². The van der Waals surface area contributed by atoms with Crippen LogP contribution in [0.3, 0.4) is 0 Å². The first-order chi connectivity index (χ1) is 7.63. The molecule has 3 nitrogen and oxygen atoms in total. The molecular weight excluding hydrogens is 249 g/mol. The standard InChI is InChI=1S/C11H13Cl2NO2/c1-14(11(15)8-12)5-6-16-10-4-2-3-9(13)7-10/h2-4,7H,5-6,8H2,1H3. The van der Waals surface area contributed by atoms with E-state index in [4.69, 9.17) is 27.9 Å². The minimum Gasteiger partial charge on any atom is -0.492 e. The maximum atomic E-state index is 11.1. The quantitative estimate of drug-likeness (QED) is 0.762. The van der Waals surface area contributed by atoms with Crippen LogP contribution in [0.4, 0.5) is 0 Å². The van der Waals surface area contributed by atoms with Crippen LogP contribution in [0.15, 0.2) is 24.3 Å². The lowest BCUT2D eigenvalue weighted by atomic mass is 10.3. The molecule has 0 fully saturated rings. The molecule has 0 aromatic heterocycles. The number of alkyl halides is 1. The van der Waals surface area contributed by atoms with Gasteiger partial charge in [-0.25, -0.2) is 0 Å². The lowest BCUT2D eigenvalue weighted by molar-refractivity contribution is -0.127. The number of halogens is 2. The summed E-state index contributed by atoms with van der Waals surface area (Å²) in [5.74, 6) is 0.573. The Bertz CT molecular complexity index is 358. The molecule has 0 unspecified atom stereocenters. The molecule has 0 saturated heterocycles. The van der Waals surface area contributed by atoms with Crippen molar-refractivity contribution in [3.63, 3.8) is 0 Å². The third-order valence-electron chi connectivity index (χ3n) is 2.03. The fourth-order valence-electron chi connectivity index (χ4n) is 1.08. The van der Waals surface area contributed by atoms with Crippen LogP contribution in [-0.2, 0) is 4.79 Å². The summed E-state index contributed by atoms with van der Waals surface area (Å²) in [4.78, 5) is 12.7. The number of rotatable bonds is 5. The fourth-order valence-corrected chi connectivity index (χ4v) is 1.47. The summed E-state index contributed by atoms with van der Waals surface area (Å²) in [5, 5.41) is 0.627. The van der Waals surface area contributed by atoms with Crippen molar-refractivity contribution < 1.29 is 9.53 Å². The van der Waals surface area contributed by atoms with Crippen molar-refractivity contribution in [2.75, 3.05) is 26.1 Å². The summed E-state index contributed by atoms with van der Waals surface area (Å²) in [5.41, 5.74) is 0. The number of ether oxygens (including phenoxy) is 1. The van der Waals surface area contributed by atoms with Crippen LogP contribution < -0.4 is 4.74 Å². The van der Waals surface area contributed by atoms with Crippen molar-refractivity contribution in [3.8, 4) is 5.75 Å². The van der Waals surface area contributed by atoms with Gasteiger partial charge < -0.3 is 9.64 Å². The first-order valence-electron chi connectivity index (χ1n) is 4.82. The maximum Gasteiger partial charge on any atom is 0.237 e. The van der Waals surface area contributed by atoms with Gasteiger partial charge >= 0.3 is 0 Å². The van der Waals surface area contributed by atoms with Gasteiger partial charge in [0.15, 0.2) is 0 Å². The molecule has 0 spiro atoms. The molecule has 16 heavy (non-hydrogen) atoms. The Morgan fingerprint density at radius 3 is 2.88 bits per heavy atom. The number of hydrogen-bond donors (Lipinski definition) is 0. The van der Waals surface area contributed by atoms with E-state index in [1.54, 1.807) is 19.2 Å². The smallest absolute Gasteiger partial charge is 0.237 e. The minimum atomic E-state index is -0.114. The van der Waals surface area contributed by atoms with E-state index in [-0.39, 0.29) is 11.8 Å². The van der Waals surface area contributed by atoms with E-state index in [9.17, 15) is 4.79 Å². The molecule has 0 N–H and O–H groups in total. The second-order valence-electron chi connectivity index (χ2n) is 3.25. The van der Waals surface area contributed by atoms with E-state index >= 15 is 0 Å². The Morgan fingerprint density at radius 1 is 1.50 bits per heavy atom. The number of carbonyl (C=O) groups excluding carboxylic acids is 1. The van der Waals surface area contributed by atoms with E-state index in [0.29, 0.717) is 23.9 Å². The summed E-state index contributed by atoms with van der Waals surface area (Å²) >= 11 is 11.2. The number of likely N-dealkylation sites (N-methyl/N-ethyl adjacent to an activating group) is 1. The first kappa shape index (κ1) is 13.1. The molecule has 1 rings (SSSR count). The SMILES string of the molecule is CN(CCOc1cccc(Cl)c1)C(=O)CCl. The van der Waals surface area contributed by atoms with E-state index in [0.717, 1.165) is 0 Å². The van der Waals surface area contributed by atoms with Gasteiger partial charge in [0.1, 0.15) is 18.2 Å². The van der Waals surface area contributed by atoms with Crippen molar-refractivity contribution in [3.05, 3.63) is 29.3 Å². The van der Waals surface area contributed by atoms with E-state index in [1.165, 1.54) is 4.90 Å². The van der Waals surface area contributed by atoms with E-state index in [1.807, 2.05) is 12.1 Å². The second-order valence-corrected chi connectivity index (χ2v) is 3.96. The average molecular weight is 262 g/mol. The second kappa shape index (κ2) is 6.61. The number of nitrogens with zero attached hydrogens (tertiary/aromatic N) is 1. The van der Waals surface area contributed by atoms with Crippen LogP contribution in [0.1, 0.15) is 0 Å². The number of amides is 1. The van der Waals surface area contributed by atoms with Gasteiger partial charge in [0, 0.05) is 12.1 Å². The number of hydrogen-bond acceptors (Lipinski definition) is 2. The molecule has 1 aromatic carbocycles. The van der Waals surface area contributed by atoms with Gasteiger partial charge in [-0.3, -0.25) is 4.79 Å². The molecule has 0 bridgehead atoms. The minimum absolute atomic E-state index is 0.00628. The lowest BCUT2D eigenvalue weighted by Crippen LogP contribution is -2.31. The Balaban J connectivity index is 2.33. The van der Waals surface area contributed by atoms with Crippen molar-refractivity contribution in [2.45, 2.75) is 0 Å². The van der Waals surface area contributed by atoms with Gasteiger partial charge in [0.05, 0.1) is 6.54 Å². The van der Waals surface area contributed by atoms with E-state index < -0.39 is 0 Å². The molecule has 0 heterocycles. The Kier molecular flexibility index (Phi) is 5.43. The molecule has 0 aliphatic heterocycles. The molecule has 0 radical (unpaired) electrons. The van der Waals surface area contributed by atoms with Gasteiger partial charge in [0.2, 0.25) is 5.91 Å². The molecule has 88 valence electrons. The van der Waals surface area contributed by atoms with Gasteiger partial charge in [-0.2, -0.15) is 0 Å². The highest BCUT2D eigenvalue weighted by Gasteiger charge is 2.06. The van der Waals surface area contributed by atoms with Gasteiger partial charge in [-0.1, -0.05) is 17.7 Å². The molecule has 0 atom stereocenters. The summed E-state index contributed by atoms with van der Waals surface area (Å²) in [7, 11) is 1.69. The van der Waals surface area contributed by atoms with Crippen LogP contribution in [0.25, 0.3) is 0 Å². The molecular formula is C11H13Cl2NO2. The third kappa shape index (κ3) is 4.29. The Morgan fingerprint density at radius 2 is 2.25 bits per heavy atom. The van der Waals surface area contributed by atoms with Gasteiger partial charge in [0.25, 0.3) is 0 Å². The Labute approximate surface area is 105 Å². The zero-order valence-corrected chi connectivity index (χ0v) is 10.5. The number of carbonyl (C=O) groups is 1. The molecule has 0 aliphatic rings. The van der Waals surface area contributed by atoms with Crippen LogP contribution in [-0.4, -0.2) is 36.9 Å². The average Bonchev–Trinajstić information content (AvgIpc) is 2.28. The van der Waals surface area contributed by atoms with Crippen LogP contribution in [0, 0.1) is 0 Å². The largest absolute Gasteiger partial charge is 0.492 e. The van der Waals surface area contributed by atoms with Crippen LogP contribution in [0.5, 0.6) is 5.75 Å². The summed E-state index contributed by atoms with van der Waals surface area (Å²) in [6.07, 6.45) is 0. The van der Waals surface area contributed by atoms with E-state index in [2.05, 4.69) is 0 Å². The molecule has 5 heteroatoms. The summed E-state index contributed by atoms with van der Waals surface area (Å²) in [6, 6.07) is 7.13. The predicted octanol–water partition coefficient (Wildman–Crippen LogP) is 2.42. The normalized spacial score (nSPS) is 9.94. The maximum absolute atomic E-state index is 11.1. The number of benzene rings is 1. The Hall–Kier alpha value is -0.930. The third-order valence-corrected chi connectivity index (χ3v) is 2.50. The summed E-state index contributed by atoms with van der Waals surface area (Å²) < 4.78 is 5.43. The van der Waals surface area contributed by atoms with Gasteiger partial charge in [-0.15, -0.1) is 11.6 Å². The van der Waals surface area contributed by atoms with Crippen molar-refractivity contribution in [2.24, 2.45) is 0 Å². The van der Waals surface area contributed by atoms with Gasteiger partial charge in [-0.05, 0) is 18.2 Å². The van der Waals surface area contributed by atoms with Crippen molar-refractivity contribution >= 4 is 29.1 Å². The van der Waals surface area contributed by atoms with Crippen molar-refractivity contribution in [1.29, 1.82) is 0 Å². The lowest BCUT2D eigenvalue weighted by Gasteiger charge is -2.16. The van der Waals surface area contributed by atoms with Crippen LogP contribution >= 0.6 is 23.2 Å². The van der Waals surface area contributed by atoms with Crippen LogP contribution in [0.2, 0.25) is 5.02 Å². The monoisotopic (exact) mass is 261 g/mol. The molecule has 0 saturated carbocycles. The highest BCUT2D eigenvalue weighted by molar-refractivity contribution is 6.30. The molecule has 1 aromatic rings. The highest BCUT2D eigenvalue weighted by atomic mass is 35.5.